The van der Waals surface area contributed by atoms with Crippen LogP contribution in [-0.2, 0) is 13.5 Å². The number of hydrogen-bond donors (Lipinski definition) is 0. The molecule has 1 spiro atoms. The molecule has 1 aromatic heterocycles. The number of benzene rings is 2. The van der Waals surface area contributed by atoms with E-state index in [-0.39, 0.29) is 27.8 Å². The van der Waals surface area contributed by atoms with E-state index in [2.05, 4.69) is 5.10 Å². The van der Waals surface area contributed by atoms with E-state index in [9.17, 15) is 9.59 Å². The molecule has 7 nitrogen and oxygen atoms in total. The summed E-state index contributed by atoms with van der Waals surface area (Å²) in [5.74, 6) is -0.823. The predicted molar refractivity (Wildman–Crippen MR) is 123 cm³/mol. The topological polar surface area (TPSA) is 79.7 Å². The van der Waals surface area contributed by atoms with Crippen molar-refractivity contribution in [3.8, 4) is 28.5 Å². The molecule has 0 N–H and O–H groups in total. The van der Waals surface area contributed by atoms with E-state index in [0.717, 1.165) is 5.56 Å². The first kappa shape index (κ1) is 21.8. The van der Waals surface area contributed by atoms with Crippen molar-refractivity contribution >= 4 is 34.8 Å². The molecule has 33 heavy (non-hydrogen) atoms. The average molecular weight is 487 g/mol. The molecule has 0 amide bonds. The number of Topliss-reactive ketones (excluding diaryl/α,β-unsaturated/α-hetero) is 2. The molecule has 2 aliphatic rings. The first-order valence-electron chi connectivity index (χ1n) is 10.3. The van der Waals surface area contributed by atoms with Crippen LogP contribution in [0.15, 0.2) is 30.3 Å². The molecule has 0 unspecified atom stereocenters. The minimum Gasteiger partial charge on any atom is -0.496 e. The van der Waals surface area contributed by atoms with Gasteiger partial charge in [-0.25, -0.2) is 0 Å². The number of ketones is 2. The Hall–Kier alpha value is -3.03. The molecule has 1 aliphatic carbocycles. The van der Waals surface area contributed by atoms with Gasteiger partial charge in [0.05, 0.1) is 31.2 Å². The van der Waals surface area contributed by atoms with Crippen LogP contribution in [0.2, 0.25) is 10.0 Å². The Bertz CT molecular complexity index is 1350. The third-order valence-corrected chi connectivity index (χ3v) is 6.99. The fraction of sp³-hybridized carbons (Fsp3) is 0.292. The van der Waals surface area contributed by atoms with Crippen molar-refractivity contribution in [2.75, 3.05) is 14.2 Å². The van der Waals surface area contributed by atoms with Gasteiger partial charge >= 0.3 is 0 Å². The summed E-state index contributed by atoms with van der Waals surface area (Å²) in [6.07, 6.45) is 0.367. The maximum absolute atomic E-state index is 14.1. The van der Waals surface area contributed by atoms with Crippen molar-refractivity contribution in [2.45, 2.75) is 18.9 Å². The highest BCUT2D eigenvalue weighted by molar-refractivity contribution is 6.36. The van der Waals surface area contributed by atoms with Gasteiger partial charge in [-0.05, 0) is 18.6 Å². The van der Waals surface area contributed by atoms with Crippen LogP contribution in [0.5, 0.6) is 17.2 Å². The summed E-state index contributed by atoms with van der Waals surface area (Å²) >= 11 is 12.7. The van der Waals surface area contributed by atoms with Gasteiger partial charge in [0.2, 0.25) is 17.2 Å². The van der Waals surface area contributed by atoms with Gasteiger partial charge in [0.25, 0.3) is 0 Å². The summed E-state index contributed by atoms with van der Waals surface area (Å²) in [7, 11) is 4.65. The molecule has 0 saturated carbocycles. The number of halogens is 2. The zero-order chi connectivity index (χ0) is 23.7. The first-order chi connectivity index (χ1) is 15.7. The van der Waals surface area contributed by atoms with Gasteiger partial charge in [0, 0.05) is 29.6 Å². The normalized spacial score (nSPS) is 21.1. The third-order valence-electron chi connectivity index (χ3n) is 6.39. The number of aryl methyl sites for hydroxylation is 1. The largest absolute Gasteiger partial charge is 0.496 e. The van der Waals surface area contributed by atoms with Crippen molar-refractivity contribution in [3.05, 3.63) is 57.2 Å². The molecule has 3 aromatic rings. The Kier molecular flexibility index (Phi) is 4.95. The van der Waals surface area contributed by atoms with Gasteiger partial charge in [-0.2, -0.15) is 5.10 Å². The standard InChI is InChI=1S/C24H20Cl2N2O5/c1-11-8-14-17(20(28(2)27-14)12-6-5-7-13(25)9-12)22(29)24(11)23(30)18-15(31-3)10-16(32-4)19(26)21(18)33-24/h5-7,9-11H,8H2,1-4H3/t11-,24+/m1/s1. The van der Waals surface area contributed by atoms with Crippen LogP contribution < -0.4 is 14.2 Å². The van der Waals surface area contributed by atoms with Crippen molar-refractivity contribution in [3.63, 3.8) is 0 Å². The van der Waals surface area contributed by atoms with Crippen LogP contribution in [0.1, 0.15) is 33.3 Å². The van der Waals surface area contributed by atoms with Crippen LogP contribution in [0.3, 0.4) is 0 Å². The Morgan fingerprint density at radius 3 is 2.45 bits per heavy atom. The third kappa shape index (κ3) is 2.85. The highest BCUT2D eigenvalue weighted by Gasteiger charge is 2.62. The molecule has 0 radical (unpaired) electrons. The van der Waals surface area contributed by atoms with E-state index in [1.165, 1.54) is 20.3 Å². The van der Waals surface area contributed by atoms with Gasteiger partial charge in [0.1, 0.15) is 22.1 Å². The molecular weight excluding hydrogens is 467 g/mol. The number of hydrogen-bond acceptors (Lipinski definition) is 6. The fourth-order valence-electron chi connectivity index (χ4n) is 4.85. The number of carbonyl (C=O) groups excluding carboxylic acids is 2. The van der Waals surface area contributed by atoms with Gasteiger partial charge in [-0.1, -0.05) is 42.3 Å². The lowest BCUT2D eigenvalue weighted by Crippen LogP contribution is -2.56. The monoisotopic (exact) mass is 486 g/mol. The average Bonchev–Trinajstić information content (AvgIpc) is 3.28. The van der Waals surface area contributed by atoms with Crippen LogP contribution >= 0.6 is 23.2 Å². The number of rotatable bonds is 3. The molecular formula is C24H20Cl2N2O5. The molecule has 5 rings (SSSR count). The van der Waals surface area contributed by atoms with Crippen LogP contribution in [0, 0.1) is 5.92 Å². The summed E-state index contributed by atoms with van der Waals surface area (Å²) < 4.78 is 18.6. The highest BCUT2D eigenvalue weighted by atomic mass is 35.5. The lowest BCUT2D eigenvalue weighted by atomic mass is 9.71. The lowest BCUT2D eigenvalue weighted by molar-refractivity contribution is 0.0259. The summed E-state index contributed by atoms with van der Waals surface area (Å²) in [4.78, 5) is 28.0. The number of aromatic nitrogens is 2. The maximum Gasteiger partial charge on any atom is 0.237 e. The molecule has 2 heterocycles. The minimum atomic E-state index is -1.78. The van der Waals surface area contributed by atoms with Crippen LogP contribution in [0.25, 0.3) is 11.3 Å². The second-order valence-corrected chi connectivity index (χ2v) is 9.02. The predicted octanol–water partition coefficient (Wildman–Crippen LogP) is 4.80. The fourth-order valence-corrected chi connectivity index (χ4v) is 5.30. The van der Waals surface area contributed by atoms with Crippen molar-refractivity contribution in [1.82, 2.24) is 9.78 Å². The second kappa shape index (κ2) is 7.50. The van der Waals surface area contributed by atoms with Crippen LogP contribution in [0.4, 0.5) is 0 Å². The number of carbonyl (C=O) groups is 2. The smallest absolute Gasteiger partial charge is 0.237 e. The summed E-state index contributed by atoms with van der Waals surface area (Å²) in [6, 6.07) is 8.67. The summed E-state index contributed by atoms with van der Waals surface area (Å²) in [6.45, 7) is 1.80. The van der Waals surface area contributed by atoms with Crippen LogP contribution in [-0.4, -0.2) is 41.2 Å². The molecule has 2 atom stereocenters. The minimum absolute atomic E-state index is 0.0923. The van der Waals surface area contributed by atoms with E-state index < -0.39 is 23.1 Å². The molecule has 0 saturated heterocycles. The molecule has 0 bridgehead atoms. The zero-order valence-corrected chi connectivity index (χ0v) is 19.9. The Morgan fingerprint density at radius 1 is 1.09 bits per heavy atom. The first-order valence-corrected chi connectivity index (χ1v) is 11.0. The van der Waals surface area contributed by atoms with Gasteiger partial charge in [0.15, 0.2) is 5.75 Å². The number of methoxy groups -OCH3 is 2. The lowest BCUT2D eigenvalue weighted by Gasteiger charge is -2.35. The SMILES string of the molecule is COc1cc(OC)c2c(c1Cl)O[C@]1(C2=O)C(=O)c2c(nn(C)c2-c2cccc(Cl)c2)C[C@H]1C. The Balaban J connectivity index is 1.72. The zero-order valence-electron chi connectivity index (χ0n) is 18.4. The van der Waals surface area contributed by atoms with Crippen molar-refractivity contribution in [1.29, 1.82) is 0 Å². The maximum atomic E-state index is 14.1. The number of fused-ring (bicyclic) bond motifs is 2. The van der Waals surface area contributed by atoms with E-state index in [4.69, 9.17) is 37.4 Å². The van der Waals surface area contributed by atoms with E-state index in [1.54, 1.807) is 36.9 Å². The van der Waals surface area contributed by atoms with Gasteiger partial charge < -0.3 is 14.2 Å². The molecule has 0 fully saturated rings. The second-order valence-electron chi connectivity index (χ2n) is 8.20. The van der Waals surface area contributed by atoms with Gasteiger partial charge in [-0.15, -0.1) is 0 Å². The molecule has 170 valence electrons. The van der Waals surface area contributed by atoms with E-state index in [0.29, 0.717) is 28.4 Å². The van der Waals surface area contributed by atoms with Crippen molar-refractivity contribution < 1.29 is 23.8 Å². The van der Waals surface area contributed by atoms with E-state index in [1.807, 2.05) is 6.07 Å². The Morgan fingerprint density at radius 2 is 1.79 bits per heavy atom. The Labute approximate surface area is 200 Å². The molecule has 2 aromatic carbocycles. The summed E-state index contributed by atoms with van der Waals surface area (Å²) in [5.41, 5.74) is 0.609. The number of ether oxygens (including phenoxy) is 3. The highest BCUT2D eigenvalue weighted by Crippen LogP contribution is 2.54. The quantitative estimate of drug-likeness (QED) is 0.494. The molecule has 9 heteroatoms. The van der Waals surface area contributed by atoms with Crippen molar-refractivity contribution in [2.24, 2.45) is 13.0 Å². The number of nitrogens with zero attached hydrogens (tertiary/aromatic N) is 2. The molecule has 1 aliphatic heterocycles. The van der Waals surface area contributed by atoms with E-state index >= 15 is 0 Å². The van der Waals surface area contributed by atoms with Gasteiger partial charge in [-0.3, -0.25) is 14.3 Å². The summed E-state index contributed by atoms with van der Waals surface area (Å²) in [5, 5.41) is 5.22.